The molecule has 0 aliphatic rings. The molecule has 2 heterocycles. The number of carboxylic acid groups (broad SMARTS) is 1. The van der Waals surface area contributed by atoms with Gasteiger partial charge in [-0.2, -0.15) is 9.78 Å². The van der Waals surface area contributed by atoms with E-state index in [-0.39, 0.29) is 16.1 Å². The number of hydrogen-bond donors (Lipinski definition) is 1. The van der Waals surface area contributed by atoms with Crippen molar-refractivity contribution in [3.05, 3.63) is 85.5 Å². The molecular formula is C23H17BrClN3O4. The lowest BCUT2D eigenvalue weighted by atomic mass is 10.1. The van der Waals surface area contributed by atoms with Gasteiger partial charge in [0.05, 0.1) is 27.7 Å². The van der Waals surface area contributed by atoms with Crippen molar-refractivity contribution >= 4 is 50.6 Å². The maximum atomic E-state index is 13.0. The van der Waals surface area contributed by atoms with Gasteiger partial charge in [-0.15, -0.1) is 0 Å². The number of rotatable bonds is 6. The van der Waals surface area contributed by atoms with E-state index in [1.54, 1.807) is 30.3 Å². The Hall–Kier alpha value is -3.23. The molecule has 0 aliphatic carbocycles. The first-order valence-electron chi connectivity index (χ1n) is 9.76. The van der Waals surface area contributed by atoms with Gasteiger partial charge < -0.3 is 9.52 Å². The second-order valence-electron chi connectivity index (χ2n) is 7.00. The Balaban J connectivity index is 1.70. The highest BCUT2D eigenvalue weighted by Gasteiger charge is 2.13. The molecule has 162 valence electrons. The number of nitrogens with zero attached hydrogens (tertiary/aromatic N) is 3. The third-order valence-corrected chi connectivity index (χ3v) is 5.57. The number of fused-ring (bicyclic) bond motifs is 1. The molecule has 4 aromatic rings. The molecule has 0 saturated heterocycles. The topological polar surface area (TPSA) is 97.7 Å². The van der Waals surface area contributed by atoms with E-state index in [0.717, 1.165) is 10.9 Å². The Labute approximate surface area is 196 Å². The SMILES string of the molecule is CCCc1nc2ccc(Br)cc2c(=O)n1N=Cc1ccc(-c2ccc(C(=O)O)c(Cl)c2)o1. The standard InChI is InChI=1S/C23H17BrClN3O4/c1-2-3-21-27-19-8-5-14(24)11-17(19)22(29)28(21)26-12-15-6-9-20(32-15)13-4-7-16(23(30)31)18(25)10-13/h4-12H,2-3H2,1H3,(H,30,31). The van der Waals surface area contributed by atoms with Crippen molar-refractivity contribution in [3.63, 3.8) is 0 Å². The summed E-state index contributed by atoms with van der Waals surface area (Å²) in [5, 5.41) is 14.0. The third-order valence-electron chi connectivity index (χ3n) is 4.76. The lowest BCUT2D eigenvalue weighted by Crippen LogP contribution is -2.22. The van der Waals surface area contributed by atoms with Gasteiger partial charge in [0.2, 0.25) is 0 Å². The molecule has 0 unspecified atom stereocenters. The molecule has 0 amide bonds. The van der Waals surface area contributed by atoms with E-state index in [1.165, 1.54) is 23.0 Å². The van der Waals surface area contributed by atoms with Crippen LogP contribution in [0.4, 0.5) is 0 Å². The fourth-order valence-electron chi connectivity index (χ4n) is 3.23. The summed E-state index contributed by atoms with van der Waals surface area (Å²) in [4.78, 5) is 28.8. The van der Waals surface area contributed by atoms with E-state index >= 15 is 0 Å². The summed E-state index contributed by atoms with van der Waals surface area (Å²) in [6.45, 7) is 2.01. The van der Waals surface area contributed by atoms with Crippen LogP contribution in [0.5, 0.6) is 0 Å². The van der Waals surface area contributed by atoms with Gasteiger partial charge in [-0.25, -0.2) is 9.78 Å². The summed E-state index contributed by atoms with van der Waals surface area (Å²) in [6, 6.07) is 13.4. The van der Waals surface area contributed by atoms with Crippen LogP contribution < -0.4 is 5.56 Å². The molecule has 2 aromatic carbocycles. The highest BCUT2D eigenvalue weighted by Crippen LogP contribution is 2.27. The van der Waals surface area contributed by atoms with E-state index < -0.39 is 5.97 Å². The van der Waals surface area contributed by atoms with E-state index in [2.05, 4.69) is 26.0 Å². The minimum absolute atomic E-state index is 0.0158. The van der Waals surface area contributed by atoms with Crippen LogP contribution in [-0.4, -0.2) is 27.0 Å². The van der Waals surface area contributed by atoms with Gasteiger partial charge in [-0.3, -0.25) is 4.79 Å². The summed E-state index contributed by atoms with van der Waals surface area (Å²) >= 11 is 9.44. The largest absolute Gasteiger partial charge is 0.478 e. The molecule has 9 heteroatoms. The number of carboxylic acids is 1. The molecule has 1 N–H and O–H groups in total. The summed E-state index contributed by atoms with van der Waals surface area (Å²) < 4.78 is 7.87. The predicted molar refractivity (Wildman–Crippen MR) is 127 cm³/mol. The van der Waals surface area contributed by atoms with E-state index in [1.807, 2.05) is 13.0 Å². The van der Waals surface area contributed by atoms with Gasteiger partial charge in [0.25, 0.3) is 5.56 Å². The monoisotopic (exact) mass is 513 g/mol. The van der Waals surface area contributed by atoms with Gasteiger partial charge in [-0.1, -0.05) is 40.5 Å². The van der Waals surface area contributed by atoms with Crippen molar-refractivity contribution in [1.29, 1.82) is 0 Å². The van der Waals surface area contributed by atoms with Gasteiger partial charge >= 0.3 is 5.97 Å². The smallest absolute Gasteiger partial charge is 0.337 e. The van der Waals surface area contributed by atoms with Crippen molar-refractivity contribution in [2.75, 3.05) is 0 Å². The number of aryl methyl sites for hydroxylation is 1. The molecule has 2 aromatic heterocycles. The molecule has 32 heavy (non-hydrogen) atoms. The Morgan fingerprint density at radius 2 is 2.06 bits per heavy atom. The Bertz CT molecular complexity index is 1420. The molecule has 0 aliphatic heterocycles. The van der Waals surface area contributed by atoms with Gasteiger partial charge in [0.15, 0.2) is 0 Å². The number of aromatic nitrogens is 2. The van der Waals surface area contributed by atoms with Crippen LogP contribution in [0.1, 0.15) is 35.3 Å². The normalized spacial score (nSPS) is 11.5. The number of aromatic carboxylic acids is 1. The van der Waals surface area contributed by atoms with E-state index in [0.29, 0.717) is 40.2 Å². The van der Waals surface area contributed by atoms with Crippen molar-refractivity contribution < 1.29 is 14.3 Å². The van der Waals surface area contributed by atoms with Crippen LogP contribution in [0.2, 0.25) is 5.02 Å². The average molecular weight is 515 g/mol. The zero-order valence-corrected chi connectivity index (χ0v) is 19.2. The number of hydrogen-bond acceptors (Lipinski definition) is 5. The van der Waals surface area contributed by atoms with Crippen molar-refractivity contribution in [3.8, 4) is 11.3 Å². The van der Waals surface area contributed by atoms with Crippen molar-refractivity contribution in [2.45, 2.75) is 19.8 Å². The molecular weight excluding hydrogens is 498 g/mol. The van der Waals surface area contributed by atoms with E-state index in [9.17, 15) is 9.59 Å². The Morgan fingerprint density at radius 3 is 2.78 bits per heavy atom. The molecule has 4 rings (SSSR count). The molecule has 0 bridgehead atoms. The lowest BCUT2D eigenvalue weighted by Gasteiger charge is -2.08. The van der Waals surface area contributed by atoms with Gasteiger partial charge in [0, 0.05) is 16.5 Å². The number of carbonyl (C=O) groups is 1. The fraction of sp³-hybridized carbons (Fsp3) is 0.130. The van der Waals surface area contributed by atoms with Gasteiger partial charge in [-0.05, 0) is 48.9 Å². The summed E-state index contributed by atoms with van der Waals surface area (Å²) in [5.41, 5.74) is 0.997. The first-order chi connectivity index (χ1) is 15.4. The van der Waals surface area contributed by atoms with Crippen molar-refractivity contribution in [1.82, 2.24) is 9.66 Å². The maximum Gasteiger partial charge on any atom is 0.337 e. The van der Waals surface area contributed by atoms with Crippen LogP contribution in [0.15, 0.2) is 67.3 Å². The predicted octanol–water partition coefficient (Wildman–Crippen LogP) is 5.61. The quantitative estimate of drug-likeness (QED) is 0.338. The Kier molecular flexibility index (Phi) is 6.25. The average Bonchev–Trinajstić information content (AvgIpc) is 3.23. The zero-order valence-electron chi connectivity index (χ0n) is 16.9. The van der Waals surface area contributed by atoms with Crippen LogP contribution >= 0.6 is 27.5 Å². The Morgan fingerprint density at radius 1 is 1.25 bits per heavy atom. The number of furan rings is 1. The molecule has 0 spiro atoms. The summed E-state index contributed by atoms with van der Waals surface area (Å²) in [7, 11) is 0. The number of benzene rings is 2. The number of halogens is 2. The minimum Gasteiger partial charge on any atom is -0.478 e. The molecule has 0 radical (unpaired) electrons. The summed E-state index contributed by atoms with van der Waals surface area (Å²) in [6.07, 6.45) is 2.85. The molecule has 7 nitrogen and oxygen atoms in total. The van der Waals surface area contributed by atoms with E-state index in [4.69, 9.17) is 21.1 Å². The van der Waals surface area contributed by atoms with Crippen molar-refractivity contribution in [2.24, 2.45) is 5.10 Å². The second-order valence-corrected chi connectivity index (χ2v) is 8.33. The third kappa shape index (κ3) is 4.37. The molecule has 0 atom stereocenters. The van der Waals surface area contributed by atoms with Crippen LogP contribution in [0, 0.1) is 0 Å². The highest BCUT2D eigenvalue weighted by molar-refractivity contribution is 9.10. The zero-order chi connectivity index (χ0) is 22.8. The molecule has 0 saturated carbocycles. The van der Waals surface area contributed by atoms with Crippen LogP contribution in [0.25, 0.3) is 22.2 Å². The highest BCUT2D eigenvalue weighted by atomic mass is 79.9. The lowest BCUT2D eigenvalue weighted by molar-refractivity contribution is 0.0697. The first kappa shape index (κ1) is 22.0. The summed E-state index contributed by atoms with van der Waals surface area (Å²) in [5.74, 6) is 0.374. The van der Waals surface area contributed by atoms with Crippen LogP contribution in [0.3, 0.4) is 0 Å². The van der Waals surface area contributed by atoms with Crippen LogP contribution in [-0.2, 0) is 6.42 Å². The van der Waals surface area contributed by atoms with Gasteiger partial charge in [0.1, 0.15) is 17.3 Å². The minimum atomic E-state index is -1.10. The first-order valence-corrected chi connectivity index (χ1v) is 10.9. The maximum absolute atomic E-state index is 13.0. The fourth-order valence-corrected chi connectivity index (χ4v) is 3.86. The molecule has 0 fully saturated rings. The second kappa shape index (κ2) is 9.10.